The van der Waals surface area contributed by atoms with Crippen LogP contribution in [0.25, 0.3) is 10.9 Å². The van der Waals surface area contributed by atoms with Gasteiger partial charge in [-0.15, -0.1) is 0 Å². The topological polar surface area (TPSA) is 54.6 Å². The van der Waals surface area contributed by atoms with E-state index in [0.29, 0.717) is 5.69 Å². The Bertz CT molecular complexity index is 1030. The minimum atomic E-state index is -0.126. The molecule has 28 heavy (non-hydrogen) atoms. The van der Waals surface area contributed by atoms with Gasteiger partial charge < -0.3 is 19.4 Å². The summed E-state index contributed by atoms with van der Waals surface area (Å²) in [6.45, 7) is 1.44. The Kier molecular flexibility index (Phi) is 4.04. The molecule has 0 saturated carbocycles. The van der Waals surface area contributed by atoms with Gasteiger partial charge in [0.15, 0.2) is 0 Å². The van der Waals surface area contributed by atoms with Gasteiger partial charge in [0.2, 0.25) is 0 Å². The van der Waals surface area contributed by atoms with Crippen molar-refractivity contribution >= 4 is 16.8 Å². The molecule has 1 aromatic heterocycles. The molecule has 1 fully saturated rings. The highest BCUT2D eigenvalue weighted by atomic mass is 16.5. The molecule has 0 aliphatic carbocycles. The van der Waals surface area contributed by atoms with Gasteiger partial charge in [-0.3, -0.25) is 4.79 Å². The molecule has 0 radical (unpaired) electrons. The lowest BCUT2D eigenvalue weighted by Gasteiger charge is -2.44. The molecular formula is C23H24N2O3. The van der Waals surface area contributed by atoms with E-state index in [4.69, 9.17) is 9.47 Å². The number of nitrogens with zero attached hydrogens (tertiary/aromatic N) is 1. The highest BCUT2D eigenvalue weighted by Crippen LogP contribution is 2.39. The first-order chi connectivity index (χ1) is 13.7. The maximum absolute atomic E-state index is 13.0. The van der Waals surface area contributed by atoms with Crippen LogP contribution >= 0.6 is 0 Å². The van der Waals surface area contributed by atoms with Gasteiger partial charge in [-0.05, 0) is 42.7 Å². The normalized spacial score (nSPS) is 18.0. The number of likely N-dealkylation sites (tertiary alicyclic amines) is 1. The summed E-state index contributed by atoms with van der Waals surface area (Å²) in [6, 6.07) is 16.0. The number of ether oxygens (including phenoxy) is 2. The zero-order valence-electron chi connectivity index (χ0n) is 16.0. The van der Waals surface area contributed by atoms with E-state index in [0.717, 1.165) is 61.2 Å². The number of piperidine rings is 1. The Morgan fingerprint density at radius 3 is 2.75 bits per heavy atom. The third-order valence-electron chi connectivity index (χ3n) is 6.17. The molecule has 5 heteroatoms. The number of para-hydroxylation sites is 1. The quantitative estimate of drug-likeness (QED) is 0.730. The fourth-order valence-corrected chi connectivity index (χ4v) is 4.44. The van der Waals surface area contributed by atoms with Crippen molar-refractivity contribution in [3.05, 3.63) is 59.8 Å². The molecule has 5 nitrogen and oxygen atoms in total. The first-order valence-corrected chi connectivity index (χ1v) is 9.89. The van der Waals surface area contributed by atoms with Crippen molar-refractivity contribution in [1.29, 1.82) is 0 Å². The fraction of sp³-hybridized carbons (Fsp3) is 0.348. The van der Waals surface area contributed by atoms with E-state index in [1.165, 1.54) is 5.56 Å². The van der Waals surface area contributed by atoms with E-state index >= 15 is 0 Å². The fourth-order valence-electron chi connectivity index (χ4n) is 4.44. The molecule has 144 valence electrons. The molecular weight excluding hydrogens is 352 g/mol. The number of hydrogen-bond donors (Lipinski definition) is 1. The largest absolute Gasteiger partial charge is 0.497 e. The van der Waals surface area contributed by atoms with Crippen LogP contribution in [-0.2, 0) is 6.42 Å². The number of carbonyl (C=O) groups excluding carboxylic acids is 1. The minimum Gasteiger partial charge on any atom is -0.497 e. The lowest BCUT2D eigenvalue weighted by Crippen LogP contribution is -2.51. The van der Waals surface area contributed by atoms with Gasteiger partial charge in [0, 0.05) is 42.9 Å². The van der Waals surface area contributed by atoms with Crippen LogP contribution in [0, 0.1) is 0 Å². The van der Waals surface area contributed by atoms with Crippen molar-refractivity contribution in [1.82, 2.24) is 9.88 Å². The number of H-pyrrole nitrogens is 1. The van der Waals surface area contributed by atoms with Gasteiger partial charge in [-0.25, -0.2) is 0 Å². The van der Waals surface area contributed by atoms with E-state index in [1.807, 2.05) is 35.2 Å². The summed E-state index contributed by atoms with van der Waals surface area (Å²) >= 11 is 0. The Morgan fingerprint density at radius 2 is 1.93 bits per heavy atom. The van der Waals surface area contributed by atoms with Gasteiger partial charge in [-0.1, -0.05) is 18.2 Å². The number of benzene rings is 2. The average Bonchev–Trinajstić information content (AvgIpc) is 3.17. The summed E-state index contributed by atoms with van der Waals surface area (Å²) in [4.78, 5) is 18.2. The van der Waals surface area contributed by atoms with Crippen molar-refractivity contribution in [3.63, 3.8) is 0 Å². The van der Waals surface area contributed by atoms with Crippen LogP contribution < -0.4 is 9.47 Å². The zero-order valence-corrected chi connectivity index (χ0v) is 16.0. The number of carbonyl (C=O) groups is 1. The molecule has 0 atom stereocenters. The number of hydrogen-bond acceptors (Lipinski definition) is 3. The van der Waals surface area contributed by atoms with Crippen molar-refractivity contribution in [2.24, 2.45) is 0 Å². The van der Waals surface area contributed by atoms with Gasteiger partial charge in [0.05, 0.1) is 7.11 Å². The molecule has 1 spiro atoms. The maximum atomic E-state index is 13.0. The van der Waals surface area contributed by atoms with Crippen LogP contribution in [-0.4, -0.2) is 41.6 Å². The predicted octanol–water partition coefficient (Wildman–Crippen LogP) is 4.18. The second-order valence-corrected chi connectivity index (χ2v) is 7.82. The summed E-state index contributed by atoms with van der Waals surface area (Å²) in [5.41, 5.74) is 2.72. The van der Waals surface area contributed by atoms with E-state index in [-0.39, 0.29) is 11.5 Å². The third kappa shape index (κ3) is 2.91. The van der Waals surface area contributed by atoms with E-state index in [9.17, 15) is 4.79 Å². The van der Waals surface area contributed by atoms with Crippen molar-refractivity contribution in [2.45, 2.75) is 31.3 Å². The number of nitrogens with one attached hydrogen (secondary N) is 1. The number of aryl methyl sites for hydroxylation is 1. The highest BCUT2D eigenvalue weighted by Gasteiger charge is 2.40. The Labute approximate surface area is 164 Å². The first-order valence-electron chi connectivity index (χ1n) is 9.89. The third-order valence-corrected chi connectivity index (χ3v) is 6.17. The van der Waals surface area contributed by atoms with Crippen LogP contribution in [0.2, 0.25) is 0 Å². The van der Waals surface area contributed by atoms with Gasteiger partial charge in [-0.2, -0.15) is 0 Å². The highest BCUT2D eigenvalue weighted by molar-refractivity contribution is 5.98. The molecule has 2 aliphatic heterocycles. The zero-order chi connectivity index (χ0) is 19.1. The molecule has 1 N–H and O–H groups in total. The second kappa shape index (κ2) is 6.59. The van der Waals surface area contributed by atoms with Gasteiger partial charge in [0.25, 0.3) is 5.91 Å². The molecule has 2 aliphatic rings. The molecule has 0 bridgehead atoms. The van der Waals surface area contributed by atoms with Crippen molar-refractivity contribution < 1.29 is 14.3 Å². The summed E-state index contributed by atoms with van der Waals surface area (Å²) in [6.07, 6.45) is 3.83. The Balaban J connectivity index is 1.30. The summed E-state index contributed by atoms with van der Waals surface area (Å²) in [5, 5.41) is 1.02. The standard InChI is InChI=1S/C23H24N2O3/c1-27-18-7-6-17-14-20(24-19(17)15-18)22(26)25-12-10-23(11-13-25)9-8-16-4-2-3-5-21(16)28-23/h2-7,14-15,24H,8-13H2,1H3. The van der Waals surface area contributed by atoms with Crippen LogP contribution in [0.3, 0.4) is 0 Å². The van der Waals surface area contributed by atoms with Crippen LogP contribution in [0.1, 0.15) is 35.3 Å². The van der Waals surface area contributed by atoms with Gasteiger partial charge in [0.1, 0.15) is 22.8 Å². The Hall–Kier alpha value is -2.95. The predicted molar refractivity (Wildman–Crippen MR) is 108 cm³/mol. The molecule has 3 aromatic rings. The average molecular weight is 376 g/mol. The van der Waals surface area contributed by atoms with Crippen LogP contribution in [0.15, 0.2) is 48.5 Å². The number of amides is 1. The molecule has 1 saturated heterocycles. The van der Waals surface area contributed by atoms with Crippen LogP contribution in [0.5, 0.6) is 11.5 Å². The van der Waals surface area contributed by atoms with E-state index in [2.05, 4.69) is 23.2 Å². The monoisotopic (exact) mass is 376 g/mol. The summed E-state index contributed by atoms with van der Waals surface area (Å²) < 4.78 is 11.7. The summed E-state index contributed by atoms with van der Waals surface area (Å²) in [7, 11) is 1.64. The van der Waals surface area contributed by atoms with E-state index < -0.39 is 0 Å². The SMILES string of the molecule is COc1ccc2cc(C(=O)N3CCC4(CCc5ccccc5O4)CC3)[nH]c2c1. The molecule has 3 heterocycles. The second-order valence-electron chi connectivity index (χ2n) is 7.82. The molecule has 5 rings (SSSR count). The Morgan fingerprint density at radius 1 is 1.11 bits per heavy atom. The lowest BCUT2D eigenvalue weighted by atomic mass is 9.83. The number of rotatable bonds is 2. The minimum absolute atomic E-state index is 0.0567. The molecule has 1 amide bonds. The number of aromatic nitrogens is 1. The molecule has 0 unspecified atom stereocenters. The maximum Gasteiger partial charge on any atom is 0.270 e. The number of aromatic amines is 1. The van der Waals surface area contributed by atoms with Crippen molar-refractivity contribution in [2.75, 3.05) is 20.2 Å². The molecule has 2 aromatic carbocycles. The van der Waals surface area contributed by atoms with Crippen LogP contribution in [0.4, 0.5) is 0 Å². The summed E-state index contributed by atoms with van der Waals surface area (Å²) in [5.74, 6) is 1.85. The number of methoxy groups -OCH3 is 1. The smallest absolute Gasteiger partial charge is 0.270 e. The lowest BCUT2D eigenvalue weighted by molar-refractivity contribution is -0.0108. The van der Waals surface area contributed by atoms with E-state index in [1.54, 1.807) is 7.11 Å². The number of fused-ring (bicyclic) bond motifs is 2. The van der Waals surface area contributed by atoms with Crippen molar-refractivity contribution in [3.8, 4) is 11.5 Å². The van der Waals surface area contributed by atoms with Gasteiger partial charge >= 0.3 is 0 Å². The first kappa shape index (κ1) is 17.2.